The van der Waals surface area contributed by atoms with Gasteiger partial charge < -0.3 is 9.80 Å². The molecule has 11 rings (SSSR count). The van der Waals surface area contributed by atoms with E-state index in [1.807, 2.05) is 9.80 Å². The quantitative estimate of drug-likeness (QED) is 0.0353. The Morgan fingerprint density at radius 1 is 0.295 bits per heavy atom. The van der Waals surface area contributed by atoms with E-state index in [4.69, 9.17) is 17.5 Å². The average molecular weight is 1590 g/mol. The van der Waals surface area contributed by atoms with Gasteiger partial charge >= 0.3 is 0 Å². The third-order valence-electron chi connectivity index (χ3n) is 26.6. The highest BCUT2D eigenvalue weighted by Crippen LogP contribution is 2.64. The summed E-state index contributed by atoms with van der Waals surface area (Å²) in [7, 11) is 0. The average Bonchev–Trinajstić information content (AvgIpc) is 1.50. The first kappa shape index (κ1) is 87.9. The largest absolute Gasteiger partial charge is 0.306 e. The minimum atomic E-state index is -0.266. The molecule has 8 nitrogen and oxygen atoms in total. The lowest BCUT2D eigenvalue weighted by atomic mass is 9.68. The van der Waals surface area contributed by atoms with Gasteiger partial charge in [0.15, 0.2) is 0 Å². The predicted molar refractivity (Wildman–Crippen MR) is 488 cm³/mol. The van der Waals surface area contributed by atoms with E-state index in [1.54, 1.807) is 28.2 Å². The molecule has 0 spiro atoms. The van der Waals surface area contributed by atoms with E-state index in [-0.39, 0.29) is 22.6 Å². The van der Waals surface area contributed by atoms with E-state index in [0.29, 0.717) is 24.2 Å². The number of unbranched alkanes of at least 4 members (excludes halogenated alkanes) is 46. The second-order valence-electron chi connectivity index (χ2n) is 35.2. The van der Waals surface area contributed by atoms with Crippen LogP contribution in [0.3, 0.4) is 0 Å². The van der Waals surface area contributed by atoms with Crippen molar-refractivity contribution in [1.82, 2.24) is 27.3 Å². The molecule has 0 unspecified atom stereocenters. The van der Waals surface area contributed by atoms with Gasteiger partial charge in [0.05, 0.1) is 55.8 Å². The number of aromatic nitrogens is 4. The summed E-state index contributed by atoms with van der Waals surface area (Å²) in [5.41, 5.74) is 20.7. The molecule has 12 heteroatoms. The lowest BCUT2D eigenvalue weighted by Crippen LogP contribution is -2.30. The number of rotatable bonds is 61. The van der Waals surface area contributed by atoms with Crippen molar-refractivity contribution < 1.29 is 9.59 Å². The highest BCUT2D eigenvalue weighted by molar-refractivity contribution is 7.16. The van der Waals surface area contributed by atoms with Crippen LogP contribution in [0.4, 0.5) is 0 Å². The minimum Gasteiger partial charge on any atom is -0.306 e. The summed E-state index contributed by atoms with van der Waals surface area (Å²) in [6.07, 6.45) is 71.0. The Labute approximate surface area is 696 Å². The van der Waals surface area contributed by atoms with Crippen molar-refractivity contribution in [2.45, 2.75) is 426 Å². The van der Waals surface area contributed by atoms with Crippen molar-refractivity contribution in [1.29, 1.82) is 0 Å². The first-order chi connectivity index (χ1) is 55.1. The molecular weight excluding hydrogens is 1450 g/mol. The first-order valence-electron chi connectivity index (χ1n) is 47.2. The Morgan fingerprint density at radius 2 is 0.580 bits per heavy atom. The van der Waals surface area contributed by atoms with E-state index < -0.39 is 0 Å². The summed E-state index contributed by atoms with van der Waals surface area (Å²) in [5.74, 6) is -0.0168. The van der Waals surface area contributed by atoms with Gasteiger partial charge in [-0.1, -0.05) is 369 Å². The molecule has 3 aromatic carbocycles. The second-order valence-corrected chi connectivity index (χ2v) is 38.6. The van der Waals surface area contributed by atoms with E-state index in [0.717, 1.165) is 118 Å². The summed E-state index contributed by atoms with van der Waals surface area (Å²) in [6.45, 7) is 19.6. The number of carbonyl (C=O) groups excluding carboxylic acids is 2. The van der Waals surface area contributed by atoms with E-state index in [1.165, 1.54) is 368 Å². The Kier molecular flexibility index (Phi) is 36.4. The van der Waals surface area contributed by atoms with Crippen LogP contribution in [-0.2, 0) is 20.4 Å². The van der Waals surface area contributed by atoms with Crippen LogP contribution >= 0.6 is 46.1 Å². The van der Waals surface area contributed by atoms with Crippen LogP contribution in [-0.4, -0.2) is 52.2 Å². The van der Waals surface area contributed by atoms with Gasteiger partial charge in [0.2, 0.25) is 0 Å². The van der Waals surface area contributed by atoms with Crippen molar-refractivity contribution in [3.8, 4) is 32.7 Å². The Balaban J connectivity index is 1.05. The molecule has 4 aromatic heterocycles. The molecule has 0 saturated heterocycles. The number of hydrogen-bond acceptors (Lipinski definition) is 10. The lowest BCUT2D eigenvalue weighted by Gasteiger charge is -2.35. The van der Waals surface area contributed by atoms with Crippen LogP contribution in [0.15, 0.2) is 59.7 Å². The summed E-state index contributed by atoms with van der Waals surface area (Å²) in [6, 6.07) is 19.8. The molecule has 2 aliphatic carbocycles. The lowest BCUT2D eigenvalue weighted by molar-refractivity contribution is -0.124. The van der Waals surface area contributed by atoms with Crippen LogP contribution in [0.2, 0.25) is 0 Å². The molecule has 2 aliphatic heterocycles. The summed E-state index contributed by atoms with van der Waals surface area (Å²) in [5, 5.41) is 0. The number of benzene rings is 3. The Bertz CT molecular complexity index is 4050. The van der Waals surface area contributed by atoms with Gasteiger partial charge in [0, 0.05) is 50.4 Å². The third kappa shape index (κ3) is 21.7. The maximum atomic E-state index is 15.8. The molecule has 0 N–H and O–H groups in total. The van der Waals surface area contributed by atoms with Crippen LogP contribution in [0.1, 0.15) is 444 Å². The maximum absolute atomic E-state index is 15.8. The first-order valence-corrected chi connectivity index (χ1v) is 50.3. The topological polar surface area (TPSA) is 92.2 Å². The zero-order valence-corrected chi connectivity index (χ0v) is 75.0. The van der Waals surface area contributed by atoms with Gasteiger partial charge in [0.1, 0.15) is 22.1 Å². The van der Waals surface area contributed by atoms with Crippen LogP contribution < -0.4 is 0 Å². The molecule has 614 valence electrons. The molecule has 0 radical (unpaired) electrons. The van der Waals surface area contributed by atoms with Gasteiger partial charge in [0.25, 0.3) is 11.8 Å². The smallest absolute Gasteiger partial charge is 0.261 e. The highest BCUT2D eigenvalue weighted by atomic mass is 32.1. The molecule has 0 fully saturated rings. The van der Waals surface area contributed by atoms with Crippen LogP contribution in [0, 0.1) is 13.8 Å². The number of thiophene rings is 2. The second kappa shape index (κ2) is 46.3. The molecule has 0 saturated carbocycles. The van der Waals surface area contributed by atoms with Crippen molar-refractivity contribution >= 4 is 91.4 Å². The molecule has 7 aromatic rings. The number of amides is 2. The fourth-order valence-corrected chi connectivity index (χ4v) is 23.4. The van der Waals surface area contributed by atoms with E-state index >= 15 is 9.59 Å². The SMILES string of the molecule is CCCCCCCCCCCCC1(CCCCCCCCCCCC)c2cc3c(cc2-c2c1cc(C)c1nsnc21)C(CCCCCCCCCCCC)(CCCCCCCCCCCC)c1cc(-c2ccc(C4=C5C(=O)N(CCCCCCCC)C(c6ccc(C)s6)=C5C(=O)N4CCCCCCCC)s2)c2nsnc2c1-3. The Morgan fingerprint density at radius 3 is 0.938 bits per heavy atom. The van der Waals surface area contributed by atoms with Crippen LogP contribution in [0.5, 0.6) is 0 Å². The van der Waals surface area contributed by atoms with E-state index in [2.05, 4.69) is 104 Å². The normalized spacial score (nSPS) is 14.8. The number of carbonyl (C=O) groups is 2. The molecule has 6 heterocycles. The summed E-state index contributed by atoms with van der Waals surface area (Å²) >= 11 is 6.28. The van der Waals surface area contributed by atoms with Gasteiger partial charge in [-0.2, -0.15) is 17.5 Å². The molecule has 4 aliphatic rings. The molecular formula is C100H148N6O2S4. The number of fused-ring (bicyclic) bond motifs is 11. The van der Waals surface area contributed by atoms with Gasteiger partial charge in [-0.25, -0.2) is 0 Å². The van der Waals surface area contributed by atoms with Gasteiger partial charge in [-0.3, -0.25) is 9.59 Å². The summed E-state index contributed by atoms with van der Waals surface area (Å²) in [4.78, 5) is 39.9. The Hall–Kier alpha value is -4.88. The zero-order valence-electron chi connectivity index (χ0n) is 71.8. The molecule has 112 heavy (non-hydrogen) atoms. The predicted octanol–water partition coefficient (Wildman–Crippen LogP) is 32.4. The van der Waals surface area contributed by atoms with Crippen LogP contribution in [0.25, 0.3) is 66.2 Å². The van der Waals surface area contributed by atoms with Crippen molar-refractivity contribution in [3.05, 3.63) is 102 Å². The monoisotopic (exact) mass is 1590 g/mol. The number of aryl methyl sites for hydroxylation is 2. The van der Waals surface area contributed by atoms with Gasteiger partial charge in [-0.15, -0.1) is 22.7 Å². The van der Waals surface area contributed by atoms with Crippen molar-refractivity contribution in [2.24, 2.45) is 0 Å². The van der Waals surface area contributed by atoms with Crippen molar-refractivity contribution in [3.63, 3.8) is 0 Å². The maximum Gasteiger partial charge on any atom is 0.261 e. The molecule has 2 amide bonds. The fourth-order valence-electron chi connectivity index (χ4n) is 20.2. The fraction of sp³-hybridized carbons (Fsp3) is 0.680. The third-order valence-corrected chi connectivity index (χ3v) is 29.8. The number of hydrogen-bond donors (Lipinski definition) is 0. The zero-order chi connectivity index (χ0) is 78.3. The van der Waals surface area contributed by atoms with Gasteiger partial charge in [-0.05, 0) is 134 Å². The highest BCUT2D eigenvalue weighted by Gasteiger charge is 2.52. The standard InChI is InChI=1S/C100H148N6O2S4/c1-9-15-21-27-33-37-41-45-49-55-65-99(66-56-50-46-42-38-34-28-22-16-10-2)80-73-78-81(72-77(80)87-82(99)71-75(7)91-93(87)103-111-101-91)100(67-57-51-47-43-39-35-29-23-17-11-3,68-58-52-48-44-40-36-30-24-18-12-4)83-74-79(92-94(88(78)83)104-112-102-92)84-63-64-86(110-84)96-90-89(97(107)106(96)70-60-54-32-26-20-14-6)95(85-62-61-76(8)109-85)105(98(90)108)69-59-53-31-25-19-13-5/h61-64,71-74H,9-60,65-70H2,1-8H3. The van der Waals surface area contributed by atoms with E-state index in [9.17, 15) is 0 Å². The minimum absolute atomic E-state index is 0.00841. The number of nitrogens with zero attached hydrogens (tertiary/aromatic N) is 6. The summed E-state index contributed by atoms with van der Waals surface area (Å²) < 4.78 is 21.6. The molecule has 0 atom stereocenters. The molecule has 0 bridgehead atoms. The van der Waals surface area contributed by atoms with Crippen molar-refractivity contribution in [2.75, 3.05) is 13.1 Å².